The number of rotatable bonds is 2. The predicted octanol–water partition coefficient (Wildman–Crippen LogP) is 0.905. The standard InChI is InChI=1S/C10H16N2O2/c1-7(2)5-12-10(13)8-6-14-4-3-9(8)11-12/h7,11H,3-6H2,1-2H3. The van der Waals surface area contributed by atoms with E-state index in [0.717, 1.165) is 24.2 Å². The molecule has 1 aromatic rings. The molecule has 1 aliphatic heterocycles. The Labute approximate surface area is 82.9 Å². The molecule has 0 aromatic carbocycles. The molecule has 14 heavy (non-hydrogen) atoms. The average Bonchev–Trinajstić information content (AvgIpc) is 2.44. The van der Waals surface area contributed by atoms with Gasteiger partial charge in [-0.2, -0.15) is 0 Å². The molecule has 1 aromatic heterocycles. The molecule has 0 amide bonds. The summed E-state index contributed by atoms with van der Waals surface area (Å²) in [4.78, 5) is 11.8. The van der Waals surface area contributed by atoms with Gasteiger partial charge in [-0.3, -0.25) is 14.6 Å². The van der Waals surface area contributed by atoms with E-state index in [4.69, 9.17) is 4.74 Å². The molecule has 2 rings (SSSR count). The second-order valence-electron chi connectivity index (χ2n) is 4.18. The van der Waals surface area contributed by atoms with Gasteiger partial charge < -0.3 is 4.74 Å². The van der Waals surface area contributed by atoms with Crippen LogP contribution in [0.4, 0.5) is 0 Å². The second kappa shape index (κ2) is 3.61. The Morgan fingerprint density at radius 1 is 1.57 bits per heavy atom. The van der Waals surface area contributed by atoms with Crippen LogP contribution in [0.25, 0.3) is 0 Å². The van der Waals surface area contributed by atoms with Gasteiger partial charge in [0, 0.05) is 18.7 Å². The first kappa shape index (κ1) is 9.52. The third-order valence-electron chi connectivity index (χ3n) is 2.43. The van der Waals surface area contributed by atoms with Crippen molar-refractivity contribution in [3.8, 4) is 0 Å². The Balaban J connectivity index is 2.34. The van der Waals surface area contributed by atoms with Crippen LogP contribution in [-0.2, 0) is 24.3 Å². The van der Waals surface area contributed by atoms with Crippen LogP contribution >= 0.6 is 0 Å². The lowest BCUT2D eigenvalue weighted by Gasteiger charge is -2.09. The average molecular weight is 196 g/mol. The maximum absolute atomic E-state index is 11.8. The molecule has 0 spiro atoms. The summed E-state index contributed by atoms with van der Waals surface area (Å²) in [5.41, 5.74) is 1.97. The first-order valence-corrected chi connectivity index (χ1v) is 5.06. The van der Waals surface area contributed by atoms with Gasteiger partial charge >= 0.3 is 0 Å². The van der Waals surface area contributed by atoms with Crippen molar-refractivity contribution in [3.63, 3.8) is 0 Å². The maximum Gasteiger partial charge on any atom is 0.272 e. The highest BCUT2D eigenvalue weighted by molar-refractivity contribution is 5.18. The lowest BCUT2D eigenvalue weighted by atomic mass is 10.2. The van der Waals surface area contributed by atoms with E-state index in [-0.39, 0.29) is 5.56 Å². The fourth-order valence-corrected chi connectivity index (χ4v) is 1.77. The molecule has 0 aliphatic carbocycles. The van der Waals surface area contributed by atoms with Crippen LogP contribution in [0.1, 0.15) is 25.1 Å². The minimum absolute atomic E-state index is 0.0911. The minimum Gasteiger partial charge on any atom is -0.376 e. The molecule has 0 saturated heterocycles. The van der Waals surface area contributed by atoms with Crippen molar-refractivity contribution in [2.75, 3.05) is 6.61 Å². The molecule has 78 valence electrons. The lowest BCUT2D eigenvalue weighted by molar-refractivity contribution is 0.109. The van der Waals surface area contributed by atoms with E-state index in [1.165, 1.54) is 0 Å². The number of hydrogen-bond donors (Lipinski definition) is 1. The highest BCUT2D eigenvalue weighted by Gasteiger charge is 2.17. The van der Waals surface area contributed by atoms with Crippen LogP contribution in [0.5, 0.6) is 0 Å². The quantitative estimate of drug-likeness (QED) is 0.764. The molecule has 1 N–H and O–H groups in total. The number of nitrogens with zero attached hydrogens (tertiary/aromatic N) is 1. The summed E-state index contributed by atoms with van der Waals surface area (Å²) >= 11 is 0. The van der Waals surface area contributed by atoms with Crippen molar-refractivity contribution in [1.29, 1.82) is 0 Å². The first-order chi connectivity index (χ1) is 6.68. The summed E-state index contributed by atoms with van der Waals surface area (Å²) in [5.74, 6) is 0.480. The summed E-state index contributed by atoms with van der Waals surface area (Å²) in [6.45, 7) is 6.14. The van der Waals surface area contributed by atoms with Crippen LogP contribution in [-0.4, -0.2) is 16.4 Å². The molecule has 0 atom stereocenters. The largest absolute Gasteiger partial charge is 0.376 e. The van der Waals surface area contributed by atoms with Crippen LogP contribution in [0.15, 0.2) is 4.79 Å². The SMILES string of the molecule is CC(C)Cn1[nH]c2c(c1=O)COCC2. The maximum atomic E-state index is 11.8. The predicted molar refractivity (Wildman–Crippen MR) is 53.3 cm³/mol. The number of aromatic nitrogens is 2. The van der Waals surface area contributed by atoms with Crippen LogP contribution < -0.4 is 5.56 Å². The van der Waals surface area contributed by atoms with Gasteiger partial charge in [-0.1, -0.05) is 13.8 Å². The molecule has 4 heteroatoms. The van der Waals surface area contributed by atoms with Crippen molar-refractivity contribution in [3.05, 3.63) is 21.6 Å². The Morgan fingerprint density at radius 2 is 2.36 bits per heavy atom. The monoisotopic (exact) mass is 196 g/mol. The fraction of sp³-hybridized carbons (Fsp3) is 0.700. The Bertz CT molecular complexity index is 376. The molecule has 1 aliphatic rings. The van der Waals surface area contributed by atoms with Gasteiger partial charge in [-0.05, 0) is 5.92 Å². The van der Waals surface area contributed by atoms with Crippen molar-refractivity contribution in [2.24, 2.45) is 5.92 Å². The van der Waals surface area contributed by atoms with E-state index < -0.39 is 0 Å². The highest BCUT2D eigenvalue weighted by Crippen LogP contribution is 2.10. The number of fused-ring (bicyclic) bond motifs is 1. The summed E-state index contributed by atoms with van der Waals surface area (Å²) in [6.07, 6.45) is 0.829. The zero-order chi connectivity index (χ0) is 10.1. The van der Waals surface area contributed by atoms with Gasteiger partial charge in [-0.25, -0.2) is 0 Å². The van der Waals surface area contributed by atoms with Crippen LogP contribution in [0.2, 0.25) is 0 Å². The summed E-state index contributed by atoms with van der Waals surface area (Å²) in [5, 5.41) is 3.16. The highest BCUT2D eigenvalue weighted by atomic mass is 16.5. The molecular weight excluding hydrogens is 180 g/mol. The van der Waals surface area contributed by atoms with Gasteiger partial charge in [0.25, 0.3) is 5.56 Å². The normalized spacial score (nSPS) is 15.9. The van der Waals surface area contributed by atoms with Crippen LogP contribution in [0.3, 0.4) is 0 Å². The molecule has 0 unspecified atom stereocenters. The molecule has 0 radical (unpaired) electrons. The van der Waals surface area contributed by atoms with Gasteiger partial charge in [-0.15, -0.1) is 0 Å². The molecule has 0 bridgehead atoms. The van der Waals surface area contributed by atoms with E-state index in [2.05, 4.69) is 18.9 Å². The van der Waals surface area contributed by atoms with Crippen molar-refractivity contribution in [1.82, 2.24) is 9.78 Å². The molecule has 2 heterocycles. The smallest absolute Gasteiger partial charge is 0.272 e. The van der Waals surface area contributed by atoms with Crippen LogP contribution in [0, 0.1) is 5.92 Å². The van der Waals surface area contributed by atoms with Crippen molar-refractivity contribution < 1.29 is 4.74 Å². The van der Waals surface area contributed by atoms with Crippen molar-refractivity contribution >= 4 is 0 Å². The van der Waals surface area contributed by atoms with Crippen molar-refractivity contribution in [2.45, 2.75) is 33.4 Å². The van der Waals surface area contributed by atoms with Gasteiger partial charge in [0.15, 0.2) is 0 Å². The Hall–Kier alpha value is -1.03. The summed E-state index contributed by atoms with van der Waals surface area (Å²) in [7, 11) is 0. The summed E-state index contributed by atoms with van der Waals surface area (Å²) < 4.78 is 6.96. The van der Waals surface area contributed by atoms with Gasteiger partial charge in [0.05, 0.1) is 18.8 Å². The summed E-state index contributed by atoms with van der Waals surface area (Å²) in [6, 6.07) is 0. The molecule has 0 saturated carbocycles. The van der Waals surface area contributed by atoms with E-state index in [0.29, 0.717) is 19.1 Å². The third-order valence-corrected chi connectivity index (χ3v) is 2.43. The topological polar surface area (TPSA) is 47.0 Å². The van der Waals surface area contributed by atoms with Gasteiger partial charge in [0.1, 0.15) is 0 Å². The van der Waals surface area contributed by atoms with E-state index in [1.54, 1.807) is 4.68 Å². The minimum atomic E-state index is 0.0911. The number of aromatic amines is 1. The Morgan fingerprint density at radius 3 is 3.00 bits per heavy atom. The Kier molecular flexibility index (Phi) is 2.46. The molecule has 0 fully saturated rings. The van der Waals surface area contributed by atoms with E-state index in [9.17, 15) is 4.79 Å². The second-order valence-corrected chi connectivity index (χ2v) is 4.18. The number of ether oxygens (including phenoxy) is 1. The number of hydrogen-bond acceptors (Lipinski definition) is 2. The zero-order valence-corrected chi connectivity index (χ0v) is 8.67. The number of H-pyrrole nitrogens is 1. The lowest BCUT2D eigenvalue weighted by Crippen LogP contribution is -2.22. The fourth-order valence-electron chi connectivity index (χ4n) is 1.77. The van der Waals surface area contributed by atoms with E-state index in [1.807, 2.05) is 0 Å². The van der Waals surface area contributed by atoms with E-state index >= 15 is 0 Å². The van der Waals surface area contributed by atoms with Gasteiger partial charge in [0.2, 0.25) is 0 Å². The molecule has 4 nitrogen and oxygen atoms in total. The first-order valence-electron chi connectivity index (χ1n) is 5.06. The third kappa shape index (κ3) is 1.62. The number of nitrogens with one attached hydrogen (secondary N) is 1. The zero-order valence-electron chi connectivity index (χ0n) is 8.67. The molecular formula is C10H16N2O2.